The monoisotopic (exact) mass is 311 g/mol. The molecule has 0 heterocycles. The Morgan fingerprint density at radius 1 is 0.870 bits per heavy atom. The van der Waals surface area contributed by atoms with Gasteiger partial charge >= 0.3 is 11.8 Å². The third-order valence-electron chi connectivity index (χ3n) is 3.18. The smallest absolute Gasteiger partial charge is 0.316 e. The van der Waals surface area contributed by atoms with Crippen molar-refractivity contribution < 1.29 is 14.4 Å². The van der Waals surface area contributed by atoms with Crippen LogP contribution in [0.1, 0.15) is 15.9 Å². The van der Waals surface area contributed by atoms with Gasteiger partial charge in [0.2, 0.25) is 0 Å². The first-order chi connectivity index (χ1) is 11.1. The van der Waals surface area contributed by atoms with E-state index in [9.17, 15) is 14.4 Å². The van der Waals surface area contributed by atoms with Crippen LogP contribution in [0.15, 0.2) is 54.6 Å². The number of benzene rings is 2. The van der Waals surface area contributed by atoms with E-state index in [-0.39, 0.29) is 11.3 Å². The molecule has 0 fully saturated rings. The Morgan fingerprint density at radius 2 is 1.52 bits per heavy atom. The van der Waals surface area contributed by atoms with Crippen LogP contribution in [0.3, 0.4) is 0 Å². The fraction of sp³-hybridized carbons (Fsp3) is 0.118. The average Bonchev–Trinajstić information content (AvgIpc) is 2.56. The molecule has 0 aliphatic rings. The molecule has 0 saturated heterocycles. The summed E-state index contributed by atoms with van der Waals surface area (Å²) < 4.78 is 0. The van der Waals surface area contributed by atoms with Crippen molar-refractivity contribution in [3.05, 3.63) is 65.7 Å². The Hall–Kier alpha value is -3.15. The molecular weight excluding hydrogens is 294 g/mol. The zero-order valence-corrected chi connectivity index (χ0v) is 12.4. The molecule has 4 N–H and O–H groups in total. The lowest BCUT2D eigenvalue weighted by Crippen LogP contribution is -2.43. The molecule has 0 radical (unpaired) electrons. The molecule has 2 aromatic carbocycles. The summed E-state index contributed by atoms with van der Waals surface area (Å²) in [6, 6.07) is 15.8. The minimum Gasteiger partial charge on any atom is -0.398 e. The Labute approximate surface area is 133 Å². The Balaban J connectivity index is 1.82. The van der Waals surface area contributed by atoms with E-state index in [1.54, 1.807) is 18.2 Å². The summed E-state index contributed by atoms with van der Waals surface area (Å²) in [5.41, 5.74) is 7.08. The van der Waals surface area contributed by atoms with Crippen LogP contribution in [0, 0.1) is 0 Å². The molecule has 3 amide bonds. The van der Waals surface area contributed by atoms with E-state index in [4.69, 9.17) is 5.73 Å². The highest BCUT2D eigenvalue weighted by molar-refractivity contribution is 6.38. The van der Waals surface area contributed by atoms with Gasteiger partial charge in [0.1, 0.15) is 0 Å². The number of hydrogen-bond donors (Lipinski definition) is 3. The van der Waals surface area contributed by atoms with E-state index in [0.29, 0.717) is 13.0 Å². The van der Waals surface area contributed by atoms with E-state index in [2.05, 4.69) is 5.32 Å². The normalized spacial score (nSPS) is 9.91. The second-order valence-corrected chi connectivity index (χ2v) is 4.86. The van der Waals surface area contributed by atoms with Gasteiger partial charge in [0.05, 0.1) is 5.56 Å². The average molecular weight is 311 g/mol. The molecule has 0 atom stereocenters. The summed E-state index contributed by atoms with van der Waals surface area (Å²) in [6.07, 6.45) is 0.597. The molecule has 118 valence electrons. The third-order valence-corrected chi connectivity index (χ3v) is 3.18. The van der Waals surface area contributed by atoms with Crippen molar-refractivity contribution in [3.8, 4) is 0 Å². The number of carbonyl (C=O) groups is 3. The van der Waals surface area contributed by atoms with Gasteiger partial charge in [-0.2, -0.15) is 0 Å². The standard InChI is InChI=1S/C17H17N3O3/c18-14-9-5-4-8-13(14)15(21)20-17(23)16(22)19-11-10-12-6-2-1-3-7-12/h1-9H,10-11,18H2,(H,19,22)(H,20,21,23). The number of imide groups is 1. The quantitative estimate of drug-likeness (QED) is 0.576. The number of nitrogens with two attached hydrogens (primary N) is 1. The lowest BCUT2D eigenvalue weighted by molar-refractivity contribution is -0.138. The lowest BCUT2D eigenvalue weighted by atomic mass is 10.1. The molecule has 2 rings (SSSR count). The molecule has 0 aliphatic heterocycles. The van der Waals surface area contributed by atoms with Crippen molar-refractivity contribution >= 4 is 23.4 Å². The van der Waals surface area contributed by atoms with Crippen LogP contribution in [-0.2, 0) is 16.0 Å². The van der Waals surface area contributed by atoms with Gasteiger partial charge in [0.25, 0.3) is 5.91 Å². The van der Waals surface area contributed by atoms with Crippen LogP contribution < -0.4 is 16.4 Å². The molecule has 0 aliphatic carbocycles. The number of carbonyl (C=O) groups excluding carboxylic acids is 3. The van der Waals surface area contributed by atoms with Crippen LogP contribution in [0.4, 0.5) is 5.69 Å². The largest absolute Gasteiger partial charge is 0.398 e. The molecule has 0 unspecified atom stereocenters. The summed E-state index contributed by atoms with van der Waals surface area (Å²) in [5.74, 6) is -2.57. The molecule has 0 saturated carbocycles. The Kier molecular flexibility index (Phi) is 5.46. The first-order valence-electron chi connectivity index (χ1n) is 7.10. The van der Waals surface area contributed by atoms with Crippen molar-refractivity contribution in [2.75, 3.05) is 12.3 Å². The molecule has 0 bridgehead atoms. The number of hydrogen-bond acceptors (Lipinski definition) is 4. The van der Waals surface area contributed by atoms with Crippen molar-refractivity contribution in [1.82, 2.24) is 10.6 Å². The Bertz CT molecular complexity index is 714. The first-order valence-corrected chi connectivity index (χ1v) is 7.10. The fourth-order valence-electron chi connectivity index (χ4n) is 1.98. The van der Waals surface area contributed by atoms with Crippen molar-refractivity contribution in [3.63, 3.8) is 0 Å². The topological polar surface area (TPSA) is 101 Å². The van der Waals surface area contributed by atoms with Gasteiger partial charge in [0.15, 0.2) is 0 Å². The molecular formula is C17H17N3O3. The number of anilines is 1. The maximum atomic E-state index is 11.9. The molecule has 6 nitrogen and oxygen atoms in total. The van der Waals surface area contributed by atoms with E-state index in [1.807, 2.05) is 35.6 Å². The fourth-order valence-corrected chi connectivity index (χ4v) is 1.98. The van der Waals surface area contributed by atoms with Crippen LogP contribution in [0.5, 0.6) is 0 Å². The van der Waals surface area contributed by atoms with Crippen molar-refractivity contribution in [2.24, 2.45) is 0 Å². The highest BCUT2D eigenvalue weighted by Crippen LogP contribution is 2.09. The van der Waals surface area contributed by atoms with E-state index in [1.165, 1.54) is 6.07 Å². The predicted octanol–water partition coefficient (Wildman–Crippen LogP) is 0.884. The summed E-state index contributed by atoms with van der Waals surface area (Å²) >= 11 is 0. The van der Waals surface area contributed by atoms with Gasteiger partial charge in [-0.1, -0.05) is 42.5 Å². The van der Waals surface area contributed by atoms with E-state index in [0.717, 1.165) is 5.56 Å². The predicted molar refractivity (Wildman–Crippen MR) is 86.5 cm³/mol. The number of nitrogen functional groups attached to an aromatic ring is 1. The second-order valence-electron chi connectivity index (χ2n) is 4.86. The molecule has 6 heteroatoms. The number of rotatable bonds is 4. The zero-order valence-electron chi connectivity index (χ0n) is 12.4. The SMILES string of the molecule is Nc1ccccc1C(=O)NC(=O)C(=O)NCCc1ccccc1. The van der Waals surface area contributed by atoms with Gasteiger partial charge in [-0.3, -0.25) is 19.7 Å². The number of nitrogens with one attached hydrogen (secondary N) is 2. The van der Waals surface area contributed by atoms with Crippen molar-refractivity contribution in [1.29, 1.82) is 0 Å². The van der Waals surface area contributed by atoms with Crippen LogP contribution in [-0.4, -0.2) is 24.3 Å². The highest BCUT2D eigenvalue weighted by Gasteiger charge is 2.18. The molecule has 23 heavy (non-hydrogen) atoms. The maximum Gasteiger partial charge on any atom is 0.316 e. The molecule has 2 aromatic rings. The number of amides is 3. The van der Waals surface area contributed by atoms with Crippen LogP contribution in [0.25, 0.3) is 0 Å². The van der Waals surface area contributed by atoms with Gasteiger partial charge in [-0.05, 0) is 24.1 Å². The van der Waals surface area contributed by atoms with Crippen LogP contribution in [0.2, 0.25) is 0 Å². The third kappa shape index (κ3) is 4.67. The number of para-hydroxylation sites is 1. The van der Waals surface area contributed by atoms with Crippen LogP contribution >= 0.6 is 0 Å². The minimum absolute atomic E-state index is 0.151. The highest BCUT2D eigenvalue weighted by atomic mass is 16.2. The summed E-state index contributed by atoms with van der Waals surface area (Å²) in [7, 11) is 0. The lowest BCUT2D eigenvalue weighted by Gasteiger charge is -2.07. The molecule has 0 spiro atoms. The summed E-state index contributed by atoms with van der Waals surface area (Å²) in [5, 5.41) is 4.48. The second kappa shape index (κ2) is 7.74. The van der Waals surface area contributed by atoms with Crippen molar-refractivity contribution in [2.45, 2.75) is 6.42 Å². The van der Waals surface area contributed by atoms with Gasteiger partial charge in [-0.25, -0.2) is 0 Å². The van der Waals surface area contributed by atoms with Gasteiger partial charge in [0, 0.05) is 12.2 Å². The summed E-state index contributed by atoms with van der Waals surface area (Å²) in [6.45, 7) is 0.304. The van der Waals surface area contributed by atoms with E-state index < -0.39 is 17.7 Å². The van der Waals surface area contributed by atoms with Gasteiger partial charge in [-0.15, -0.1) is 0 Å². The van der Waals surface area contributed by atoms with E-state index >= 15 is 0 Å². The first kappa shape index (κ1) is 16.2. The minimum atomic E-state index is -1.01. The summed E-state index contributed by atoms with van der Waals surface area (Å²) in [4.78, 5) is 35.3. The molecule has 0 aromatic heterocycles. The Morgan fingerprint density at radius 3 is 2.22 bits per heavy atom. The maximum absolute atomic E-state index is 11.9. The zero-order chi connectivity index (χ0) is 16.7. The van der Waals surface area contributed by atoms with Gasteiger partial charge < -0.3 is 11.1 Å².